The average Bonchev–Trinajstić information content (AvgIpc) is 3.49. The van der Waals surface area contributed by atoms with Gasteiger partial charge in [0.2, 0.25) is 0 Å². The van der Waals surface area contributed by atoms with Crippen LogP contribution < -0.4 is 10.2 Å². The molecular weight excluding hydrogens is 381 g/mol. The van der Waals surface area contributed by atoms with E-state index in [1.807, 2.05) is 25.2 Å². The number of nitrogens with one attached hydrogen (secondary N) is 1. The van der Waals surface area contributed by atoms with E-state index in [4.69, 9.17) is 11.6 Å². The van der Waals surface area contributed by atoms with Gasteiger partial charge in [0.15, 0.2) is 5.82 Å². The Hall–Kier alpha value is -2.41. The molecule has 0 bridgehead atoms. The van der Waals surface area contributed by atoms with Gasteiger partial charge >= 0.3 is 6.03 Å². The molecule has 28 heavy (non-hydrogen) atoms. The summed E-state index contributed by atoms with van der Waals surface area (Å²) >= 11 is 5.75. The Labute approximate surface area is 168 Å². The molecule has 2 fully saturated rings. The molecule has 2 aromatic rings. The number of benzene rings is 1. The molecule has 1 aliphatic carbocycles. The van der Waals surface area contributed by atoms with Gasteiger partial charge in [-0.15, -0.1) is 5.10 Å². The maximum Gasteiger partial charge on any atom is 0.317 e. The molecule has 1 aliphatic heterocycles. The number of hydrogen-bond donors (Lipinski definition) is 1. The highest BCUT2D eigenvalue weighted by Gasteiger charge is 2.41. The third-order valence-electron chi connectivity index (χ3n) is 5.62. The number of carbonyl (C=O) groups is 1. The summed E-state index contributed by atoms with van der Waals surface area (Å²) in [5.74, 6) is 0.569. The SMILES string of the molecule is CN(C(=O)N[C@H]1C[C@@H]1c1ccc(Cl)c(F)c1)[C@@H]1CCCN(c2cccnn2)C1. The van der Waals surface area contributed by atoms with Crippen LogP contribution >= 0.6 is 11.6 Å². The Morgan fingerprint density at radius 2 is 2.25 bits per heavy atom. The molecule has 148 valence electrons. The second-order valence-corrected chi connectivity index (χ2v) is 7.91. The second kappa shape index (κ2) is 7.91. The number of rotatable bonds is 4. The smallest absolute Gasteiger partial charge is 0.317 e. The maximum atomic E-state index is 13.7. The Morgan fingerprint density at radius 1 is 1.39 bits per heavy atom. The number of likely N-dealkylation sites (N-methyl/N-ethyl adjacent to an activating group) is 1. The minimum absolute atomic E-state index is 0.0372. The molecule has 1 saturated carbocycles. The number of piperidine rings is 1. The van der Waals surface area contributed by atoms with E-state index in [-0.39, 0.29) is 29.1 Å². The van der Waals surface area contributed by atoms with Gasteiger partial charge in [0, 0.05) is 38.3 Å². The monoisotopic (exact) mass is 403 g/mol. The predicted molar refractivity (Wildman–Crippen MR) is 106 cm³/mol. The second-order valence-electron chi connectivity index (χ2n) is 7.51. The van der Waals surface area contributed by atoms with Crippen molar-refractivity contribution in [3.63, 3.8) is 0 Å². The molecule has 2 heterocycles. The number of carbonyl (C=O) groups excluding carboxylic acids is 1. The van der Waals surface area contributed by atoms with Crippen molar-refractivity contribution in [3.8, 4) is 0 Å². The molecule has 1 saturated heterocycles. The highest BCUT2D eigenvalue weighted by atomic mass is 35.5. The summed E-state index contributed by atoms with van der Waals surface area (Å²) in [7, 11) is 1.83. The first-order valence-corrected chi connectivity index (χ1v) is 9.91. The standard InChI is InChI=1S/C20H23ClFN5O/c1-26(14-4-3-9-27(12-14)19-5-2-8-23-25-19)20(28)24-18-11-15(18)13-6-7-16(21)17(22)10-13/h2,5-8,10,14-15,18H,3-4,9,11-12H2,1H3,(H,24,28)/t14-,15-,18+/m1/s1. The molecule has 0 spiro atoms. The third kappa shape index (κ3) is 4.04. The average molecular weight is 404 g/mol. The van der Waals surface area contributed by atoms with Gasteiger partial charge < -0.3 is 15.1 Å². The number of urea groups is 1. The molecule has 6 nitrogen and oxygen atoms in total. The van der Waals surface area contributed by atoms with Crippen molar-refractivity contribution in [2.45, 2.75) is 37.3 Å². The Bertz CT molecular complexity index is 852. The van der Waals surface area contributed by atoms with Crippen LogP contribution in [0.2, 0.25) is 5.02 Å². The lowest BCUT2D eigenvalue weighted by Crippen LogP contribution is -2.52. The van der Waals surface area contributed by atoms with Gasteiger partial charge in [0.05, 0.1) is 11.1 Å². The van der Waals surface area contributed by atoms with E-state index in [0.29, 0.717) is 0 Å². The molecule has 1 N–H and O–H groups in total. The van der Waals surface area contributed by atoms with E-state index in [0.717, 1.165) is 43.7 Å². The van der Waals surface area contributed by atoms with Gasteiger partial charge in [-0.25, -0.2) is 9.18 Å². The predicted octanol–water partition coefficient (Wildman–Crippen LogP) is 3.44. The van der Waals surface area contributed by atoms with E-state index in [9.17, 15) is 9.18 Å². The zero-order chi connectivity index (χ0) is 19.7. The summed E-state index contributed by atoms with van der Waals surface area (Å²) in [5.41, 5.74) is 0.876. The van der Waals surface area contributed by atoms with Crippen LogP contribution in [-0.2, 0) is 0 Å². The van der Waals surface area contributed by atoms with Crippen molar-refractivity contribution in [3.05, 3.63) is 52.9 Å². The van der Waals surface area contributed by atoms with Crippen LogP contribution in [0, 0.1) is 5.82 Å². The van der Waals surface area contributed by atoms with Crippen molar-refractivity contribution in [1.29, 1.82) is 0 Å². The zero-order valence-corrected chi connectivity index (χ0v) is 16.4. The maximum absolute atomic E-state index is 13.7. The number of amides is 2. The number of anilines is 1. The van der Waals surface area contributed by atoms with Gasteiger partial charge in [-0.2, -0.15) is 5.10 Å². The Morgan fingerprint density at radius 3 is 3.00 bits per heavy atom. The van der Waals surface area contributed by atoms with Crippen molar-refractivity contribution in [1.82, 2.24) is 20.4 Å². The summed E-state index contributed by atoms with van der Waals surface area (Å²) in [4.78, 5) is 16.7. The van der Waals surface area contributed by atoms with Gasteiger partial charge in [-0.05, 0) is 49.1 Å². The lowest BCUT2D eigenvalue weighted by atomic mass is 10.0. The number of hydrogen-bond acceptors (Lipinski definition) is 4. The molecule has 8 heteroatoms. The molecule has 2 amide bonds. The molecular formula is C20H23ClFN5O. The minimum Gasteiger partial charge on any atom is -0.353 e. The summed E-state index contributed by atoms with van der Waals surface area (Å²) in [6, 6.07) is 8.72. The van der Waals surface area contributed by atoms with E-state index in [1.54, 1.807) is 17.2 Å². The summed E-state index contributed by atoms with van der Waals surface area (Å²) in [5, 5.41) is 11.3. The number of nitrogens with zero attached hydrogens (tertiary/aromatic N) is 4. The van der Waals surface area contributed by atoms with Crippen molar-refractivity contribution >= 4 is 23.4 Å². The van der Waals surface area contributed by atoms with Crippen LogP contribution in [0.25, 0.3) is 0 Å². The molecule has 1 aromatic heterocycles. The molecule has 4 rings (SSSR count). The largest absolute Gasteiger partial charge is 0.353 e. The van der Waals surface area contributed by atoms with E-state index >= 15 is 0 Å². The highest BCUT2D eigenvalue weighted by Crippen LogP contribution is 2.41. The van der Waals surface area contributed by atoms with E-state index in [2.05, 4.69) is 20.4 Å². The number of aromatic nitrogens is 2. The van der Waals surface area contributed by atoms with Crippen LogP contribution in [0.4, 0.5) is 15.0 Å². The first-order chi connectivity index (χ1) is 13.5. The van der Waals surface area contributed by atoms with Crippen LogP contribution in [0.15, 0.2) is 36.5 Å². The van der Waals surface area contributed by atoms with Crippen molar-refractivity contribution < 1.29 is 9.18 Å². The molecule has 2 aliphatic rings. The van der Waals surface area contributed by atoms with E-state index < -0.39 is 5.82 Å². The minimum atomic E-state index is -0.417. The Balaban J connectivity index is 1.33. The summed E-state index contributed by atoms with van der Waals surface area (Å²) in [6.07, 6.45) is 4.42. The first kappa shape index (κ1) is 18.9. The topological polar surface area (TPSA) is 61.4 Å². The van der Waals surface area contributed by atoms with Crippen LogP contribution in [0.3, 0.4) is 0 Å². The lowest BCUT2D eigenvalue weighted by Gasteiger charge is -2.38. The third-order valence-corrected chi connectivity index (χ3v) is 5.92. The molecule has 0 radical (unpaired) electrons. The fourth-order valence-electron chi connectivity index (χ4n) is 3.83. The fraction of sp³-hybridized carbons (Fsp3) is 0.450. The van der Waals surface area contributed by atoms with Crippen molar-refractivity contribution in [2.75, 3.05) is 25.0 Å². The van der Waals surface area contributed by atoms with Gasteiger partial charge in [0.25, 0.3) is 0 Å². The lowest BCUT2D eigenvalue weighted by molar-refractivity contribution is 0.182. The summed E-state index contributed by atoms with van der Waals surface area (Å²) in [6.45, 7) is 1.65. The quantitative estimate of drug-likeness (QED) is 0.849. The van der Waals surface area contributed by atoms with Gasteiger partial charge in [-0.3, -0.25) is 0 Å². The van der Waals surface area contributed by atoms with Crippen LogP contribution in [0.1, 0.15) is 30.7 Å². The van der Waals surface area contributed by atoms with Gasteiger partial charge in [-0.1, -0.05) is 17.7 Å². The first-order valence-electron chi connectivity index (χ1n) is 9.54. The number of halogens is 2. The highest BCUT2D eigenvalue weighted by molar-refractivity contribution is 6.30. The van der Waals surface area contributed by atoms with Gasteiger partial charge in [0.1, 0.15) is 5.82 Å². The normalized spacial score (nSPS) is 24.0. The molecule has 0 unspecified atom stereocenters. The zero-order valence-electron chi connectivity index (χ0n) is 15.7. The van der Waals surface area contributed by atoms with E-state index in [1.165, 1.54) is 6.07 Å². The summed E-state index contributed by atoms with van der Waals surface area (Å²) < 4.78 is 13.7. The Kier molecular flexibility index (Phi) is 5.35. The van der Waals surface area contributed by atoms with Crippen LogP contribution in [-0.4, -0.2) is 53.3 Å². The van der Waals surface area contributed by atoms with Crippen LogP contribution in [0.5, 0.6) is 0 Å². The molecule has 3 atom stereocenters. The fourth-order valence-corrected chi connectivity index (χ4v) is 3.95. The van der Waals surface area contributed by atoms with Crippen molar-refractivity contribution in [2.24, 2.45) is 0 Å². The molecule has 1 aromatic carbocycles.